The first-order valence-corrected chi connectivity index (χ1v) is 9.07. The zero-order chi connectivity index (χ0) is 20.9. The van der Waals surface area contributed by atoms with Crippen molar-refractivity contribution in [2.24, 2.45) is 21.5 Å². The highest BCUT2D eigenvalue weighted by Crippen LogP contribution is 2.29. The van der Waals surface area contributed by atoms with E-state index in [4.69, 9.17) is 16.2 Å². The molecule has 1 saturated heterocycles. The monoisotopic (exact) mass is 388 g/mol. The molecule has 0 radical (unpaired) electrons. The van der Waals surface area contributed by atoms with Gasteiger partial charge in [0.15, 0.2) is 0 Å². The van der Waals surface area contributed by atoms with Gasteiger partial charge in [-0.25, -0.2) is 14.6 Å². The molecule has 1 aromatic carbocycles. The average molecular weight is 388 g/mol. The molecule has 0 saturated carbocycles. The number of rotatable bonds is 2. The van der Waals surface area contributed by atoms with Gasteiger partial charge >= 0.3 is 12.1 Å². The standard InChI is InChI=1S/C19H28N6O3/c1-12(20)22-16(21)24-17(26)23-15-7-5-13(6-8-15)14-9-10-25(11-14)18(27)28-19(2,3)4/h5-8,14H,9-11H2,1-4H3,(H5,20,21,22,23,24,26). The van der Waals surface area contributed by atoms with Crippen molar-refractivity contribution in [3.05, 3.63) is 29.8 Å². The van der Waals surface area contributed by atoms with E-state index in [2.05, 4.69) is 15.3 Å². The molecule has 152 valence electrons. The van der Waals surface area contributed by atoms with Crippen molar-refractivity contribution in [1.29, 1.82) is 0 Å². The fourth-order valence-electron chi connectivity index (χ4n) is 2.82. The third-order valence-electron chi connectivity index (χ3n) is 3.98. The van der Waals surface area contributed by atoms with Gasteiger partial charge in [0.05, 0.1) is 5.84 Å². The first-order chi connectivity index (χ1) is 13.0. The van der Waals surface area contributed by atoms with E-state index in [1.807, 2.05) is 32.9 Å². The van der Waals surface area contributed by atoms with Crippen LogP contribution < -0.4 is 16.8 Å². The van der Waals surface area contributed by atoms with Gasteiger partial charge < -0.3 is 26.4 Å². The predicted molar refractivity (Wildman–Crippen MR) is 110 cm³/mol. The molecule has 1 aromatic rings. The Bertz CT molecular complexity index is 776. The number of ether oxygens (including phenoxy) is 1. The summed E-state index contributed by atoms with van der Waals surface area (Å²) in [6, 6.07) is 6.79. The van der Waals surface area contributed by atoms with Crippen LogP contribution >= 0.6 is 0 Å². The Hall–Kier alpha value is -3.10. The van der Waals surface area contributed by atoms with Crippen LogP contribution in [-0.4, -0.2) is 47.5 Å². The summed E-state index contributed by atoms with van der Waals surface area (Å²) in [6.45, 7) is 8.38. The molecule has 9 heteroatoms. The first-order valence-electron chi connectivity index (χ1n) is 9.07. The van der Waals surface area contributed by atoms with Gasteiger partial charge in [-0.05, 0) is 51.8 Å². The largest absolute Gasteiger partial charge is 0.444 e. The van der Waals surface area contributed by atoms with Gasteiger partial charge in [0.25, 0.3) is 0 Å². The van der Waals surface area contributed by atoms with Crippen LogP contribution in [0, 0.1) is 0 Å². The van der Waals surface area contributed by atoms with Crippen molar-refractivity contribution < 1.29 is 14.3 Å². The molecule has 28 heavy (non-hydrogen) atoms. The molecule has 1 fully saturated rings. The summed E-state index contributed by atoms with van der Waals surface area (Å²) in [7, 11) is 0. The number of carbonyl (C=O) groups is 2. The molecule has 9 nitrogen and oxygen atoms in total. The normalized spacial score (nSPS) is 18.1. The number of amidine groups is 1. The van der Waals surface area contributed by atoms with Crippen LogP contribution in [0.3, 0.4) is 0 Å². The summed E-state index contributed by atoms with van der Waals surface area (Å²) in [5.41, 5.74) is 12.0. The van der Waals surface area contributed by atoms with Crippen molar-refractivity contribution in [1.82, 2.24) is 4.90 Å². The summed E-state index contributed by atoms with van der Waals surface area (Å²) < 4.78 is 5.42. The van der Waals surface area contributed by atoms with Crippen molar-refractivity contribution in [3.63, 3.8) is 0 Å². The topological polar surface area (TPSA) is 135 Å². The van der Waals surface area contributed by atoms with Gasteiger partial charge in [-0.2, -0.15) is 4.99 Å². The van der Waals surface area contributed by atoms with Gasteiger partial charge in [-0.3, -0.25) is 0 Å². The number of urea groups is 1. The Labute approximate surface area is 164 Å². The van der Waals surface area contributed by atoms with Crippen molar-refractivity contribution in [2.45, 2.75) is 45.6 Å². The first kappa shape index (κ1) is 21.2. The highest BCUT2D eigenvalue weighted by atomic mass is 16.6. The van der Waals surface area contributed by atoms with Crippen molar-refractivity contribution >= 4 is 29.6 Å². The lowest BCUT2D eigenvalue weighted by Crippen LogP contribution is -2.35. The van der Waals surface area contributed by atoms with E-state index in [-0.39, 0.29) is 23.8 Å². The molecule has 1 aliphatic heterocycles. The fourth-order valence-corrected chi connectivity index (χ4v) is 2.82. The summed E-state index contributed by atoms with van der Waals surface area (Å²) in [6.07, 6.45) is 0.576. The number of nitrogens with one attached hydrogen (secondary N) is 1. The number of carbonyl (C=O) groups excluding carboxylic acids is 2. The number of aliphatic imine (C=N–C) groups is 2. The van der Waals surface area contributed by atoms with Crippen LogP contribution in [0.4, 0.5) is 15.3 Å². The second-order valence-electron chi connectivity index (χ2n) is 7.69. The summed E-state index contributed by atoms with van der Waals surface area (Å²) in [5.74, 6) is 0.241. The van der Waals surface area contributed by atoms with Gasteiger partial charge in [0.1, 0.15) is 5.60 Å². The zero-order valence-electron chi connectivity index (χ0n) is 16.7. The number of likely N-dealkylation sites (tertiary alicyclic amines) is 1. The SMILES string of the molecule is C/C(N)=N/C(N)=N/C(=O)Nc1ccc(C2CCN(C(=O)OC(C)(C)C)C2)cc1. The Kier molecular flexibility index (Phi) is 6.61. The number of benzene rings is 1. The minimum Gasteiger partial charge on any atom is -0.444 e. The average Bonchev–Trinajstić information content (AvgIpc) is 3.03. The highest BCUT2D eigenvalue weighted by Gasteiger charge is 2.30. The summed E-state index contributed by atoms with van der Waals surface area (Å²) in [4.78, 5) is 33.0. The molecule has 1 aliphatic rings. The minimum atomic E-state index is -0.632. The third-order valence-corrected chi connectivity index (χ3v) is 3.98. The van der Waals surface area contributed by atoms with Gasteiger partial charge in [0, 0.05) is 24.7 Å². The van der Waals surface area contributed by atoms with Crippen LogP contribution in [-0.2, 0) is 4.74 Å². The summed E-state index contributed by atoms with van der Waals surface area (Å²) in [5, 5.41) is 2.62. The van der Waals surface area contributed by atoms with Crippen LogP contribution in [0.15, 0.2) is 34.3 Å². The molecule has 3 amide bonds. The van der Waals surface area contributed by atoms with Crippen LogP contribution in [0.5, 0.6) is 0 Å². The number of amides is 3. The maximum absolute atomic E-state index is 12.2. The molecule has 1 atom stereocenters. The molecule has 0 aromatic heterocycles. The van der Waals surface area contributed by atoms with Crippen LogP contribution in [0.1, 0.15) is 45.6 Å². The van der Waals surface area contributed by atoms with E-state index in [9.17, 15) is 9.59 Å². The maximum atomic E-state index is 12.2. The second-order valence-corrected chi connectivity index (χ2v) is 7.69. The molecule has 5 N–H and O–H groups in total. The predicted octanol–water partition coefficient (Wildman–Crippen LogP) is 2.63. The lowest BCUT2D eigenvalue weighted by atomic mass is 9.98. The number of hydrogen-bond donors (Lipinski definition) is 3. The molecular weight excluding hydrogens is 360 g/mol. The van der Waals surface area contributed by atoms with Crippen LogP contribution in [0.25, 0.3) is 0 Å². The molecule has 0 aliphatic carbocycles. The van der Waals surface area contributed by atoms with E-state index in [0.29, 0.717) is 18.8 Å². The fraction of sp³-hybridized carbons (Fsp3) is 0.474. The van der Waals surface area contributed by atoms with E-state index in [1.165, 1.54) is 0 Å². The number of nitrogens with zero attached hydrogens (tertiary/aromatic N) is 3. The lowest BCUT2D eigenvalue weighted by Gasteiger charge is -2.24. The molecule has 1 heterocycles. The van der Waals surface area contributed by atoms with Gasteiger partial charge in [-0.1, -0.05) is 12.1 Å². The van der Waals surface area contributed by atoms with Gasteiger partial charge in [-0.15, -0.1) is 0 Å². The lowest BCUT2D eigenvalue weighted by molar-refractivity contribution is 0.0292. The number of anilines is 1. The molecule has 2 rings (SSSR count). The number of nitrogens with two attached hydrogens (primary N) is 2. The maximum Gasteiger partial charge on any atom is 0.410 e. The molecular formula is C19H28N6O3. The van der Waals surface area contributed by atoms with Crippen molar-refractivity contribution in [3.8, 4) is 0 Å². The van der Waals surface area contributed by atoms with E-state index >= 15 is 0 Å². The Morgan fingerprint density at radius 3 is 2.39 bits per heavy atom. The van der Waals surface area contributed by atoms with Crippen molar-refractivity contribution in [2.75, 3.05) is 18.4 Å². The van der Waals surface area contributed by atoms with Gasteiger partial charge in [0.2, 0.25) is 5.96 Å². The molecule has 0 bridgehead atoms. The minimum absolute atomic E-state index is 0.206. The van der Waals surface area contributed by atoms with E-state index in [1.54, 1.807) is 24.0 Å². The zero-order valence-corrected chi connectivity index (χ0v) is 16.7. The van der Waals surface area contributed by atoms with Crippen LogP contribution in [0.2, 0.25) is 0 Å². The smallest absolute Gasteiger partial charge is 0.410 e. The quantitative estimate of drug-likeness (QED) is 0.528. The second kappa shape index (κ2) is 8.73. The highest BCUT2D eigenvalue weighted by molar-refractivity contribution is 6.02. The Morgan fingerprint density at radius 2 is 1.82 bits per heavy atom. The third kappa shape index (κ3) is 6.57. The molecule has 1 unspecified atom stereocenters. The Balaban J connectivity index is 1.93. The summed E-state index contributed by atoms with van der Waals surface area (Å²) >= 11 is 0. The number of guanidine groups is 1. The Morgan fingerprint density at radius 1 is 1.18 bits per heavy atom. The van der Waals surface area contributed by atoms with E-state index in [0.717, 1.165) is 12.0 Å². The van der Waals surface area contributed by atoms with E-state index < -0.39 is 11.6 Å². The number of hydrogen-bond acceptors (Lipinski definition) is 3. The molecule has 0 spiro atoms.